The molecule has 0 aliphatic carbocycles. The van der Waals surface area contributed by atoms with Crippen molar-refractivity contribution in [3.8, 4) is 0 Å². The van der Waals surface area contributed by atoms with Gasteiger partial charge < -0.3 is 25.0 Å². The van der Waals surface area contributed by atoms with Gasteiger partial charge in [-0.2, -0.15) is 8.42 Å². The number of aliphatic carboxylic acids is 1. The Morgan fingerprint density at radius 3 is 1.50 bits per heavy atom. The maximum Gasteiger partial charge on any atom is 0.397 e. The summed E-state index contributed by atoms with van der Waals surface area (Å²) >= 11 is 0. The van der Waals surface area contributed by atoms with Gasteiger partial charge in [-0.3, -0.25) is 13.5 Å². The highest BCUT2D eigenvalue weighted by Gasteiger charge is 2.08. The van der Waals surface area contributed by atoms with E-state index in [1.54, 1.807) is 0 Å². The molecular formula is C29H61NO9S. The molecule has 0 heterocycles. The summed E-state index contributed by atoms with van der Waals surface area (Å²) in [6, 6.07) is 0.305. The van der Waals surface area contributed by atoms with Crippen LogP contribution >= 0.6 is 0 Å². The molecule has 0 saturated carbocycles. The van der Waals surface area contributed by atoms with E-state index in [1.807, 2.05) is 0 Å². The van der Waals surface area contributed by atoms with Crippen LogP contribution in [0.1, 0.15) is 129 Å². The SMILES string of the molecule is CCCCCCCCCCCCCCCCCCNC(CCOCCO)CCOCCC(=O)O.COS(=O)(=O)O. The Labute approximate surface area is 244 Å². The molecular weight excluding hydrogens is 538 g/mol. The van der Waals surface area contributed by atoms with Gasteiger partial charge in [0.15, 0.2) is 0 Å². The number of aliphatic hydroxyl groups is 1. The molecule has 0 amide bonds. The summed E-state index contributed by atoms with van der Waals surface area (Å²) in [5.41, 5.74) is 0. The molecule has 10 nitrogen and oxygen atoms in total. The molecule has 1 unspecified atom stereocenters. The van der Waals surface area contributed by atoms with E-state index in [1.165, 1.54) is 103 Å². The maximum atomic E-state index is 10.6. The second-order valence-electron chi connectivity index (χ2n) is 10.2. The normalized spacial score (nSPS) is 12.2. The fraction of sp³-hybridized carbons (Fsp3) is 0.966. The van der Waals surface area contributed by atoms with Gasteiger partial charge in [0.05, 0.1) is 33.4 Å². The highest BCUT2D eigenvalue weighted by Crippen LogP contribution is 2.13. The fourth-order valence-electron chi connectivity index (χ4n) is 4.21. The Balaban J connectivity index is 0. The molecule has 40 heavy (non-hydrogen) atoms. The van der Waals surface area contributed by atoms with Crippen molar-refractivity contribution < 1.29 is 41.6 Å². The predicted octanol–water partition coefficient (Wildman–Crippen LogP) is 5.92. The molecule has 0 fully saturated rings. The van der Waals surface area contributed by atoms with Gasteiger partial charge in [-0.05, 0) is 25.8 Å². The molecule has 0 aromatic carbocycles. The van der Waals surface area contributed by atoms with Gasteiger partial charge in [-0.25, -0.2) is 0 Å². The summed E-state index contributed by atoms with van der Waals surface area (Å²) in [6.07, 6.45) is 23.9. The summed E-state index contributed by atoms with van der Waals surface area (Å²) in [6.45, 7) is 5.15. The lowest BCUT2D eigenvalue weighted by Crippen LogP contribution is -2.32. The van der Waals surface area contributed by atoms with E-state index in [2.05, 4.69) is 16.4 Å². The fourth-order valence-corrected chi connectivity index (χ4v) is 4.21. The van der Waals surface area contributed by atoms with Crippen LogP contribution in [0.4, 0.5) is 0 Å². The average molecular weight is 600 g/mol. The first-order valence-electron chi connectivity index (χ1n) is 15.5. The van der Waals surface area contributed by atoms with E-state index in [0.29, 0.717) is 25.9 Å². The lowest BCUT2D eigenvalue weighted by Gasteiger charge is -2.19. The van der Waals surface area contributed by atoms with Crippen LogP contribution in [0.25, 0.3) is 0 Å². The molecule has 1 atom stereocenters. The van der Waals surface area contributed by atoms with Gasteiger partial charge in [-0.15, -0.1) is 0 Å². The first kappa shape index (κ1) is 41.3. The van der Waals surface area contributed by atoms with Crippen LogP contribution in [-0.4, -0.2) is 81.9 Å². The summed E-state index contributed by atoms with van der Waals surface area (Å²) in [5, 5.41) is 21.1. The smallest absolute Gasteiger partial charge is 0.397 e. The van der Waals surface area contributed by atoms with Crippen LogP contribution in [0.15, 0.2) is 0 Å². The quantitative estimate of drug-likeness (QED) is 0.0578. The maximum absolute atomic E-state index is 10.6. The summed E-state index contributed by atoms with van der Waals surface area (Å²) in [7, 11) is -3.29. The summed E-state index contributed by atoms with van der Waals surface area (Å²) in [4.78, 5) is 10.6. The van der Waals surface area contributed by atoms with Crippen LogP contribution < -0.4 is 5.32 Å². The largest absolute Gasteiger partial charge is 0.481 e. The monoisotopic (exact) mass is 599 g/mol. The number of nitrogens with one attached hydrogen (secondary N) is 1. The van der Waals surface area contributed by atoms with Gasteiger partial charge in [0.25, 0.3) is 0 Å². The lowest BCUT2D eigenvalue weighted by atomic mass is 10.0. The minimum absolute atomic E-state index is 0.0512. The topological polar surface area (TPSA) is 152 Å². The molecule has 0 aliphatic rings. The number of hydrogen-bond acceptors (Lipinski definition) is 8. The van der Waals surface area contributed by atoms with Crippen LogP contribution in [-0.2, 0) is 28.9 Å². The number of unbranched alkanes of at least 4 members (excludes halogenated alkanes) is 15. The molecule has 0 bridgehead atoms. The second kappa shape index (κ2) is 32.7. The molecule has 4 N–H and O–H groups in total. The molecule has 0 aromatic heterocycles. The third-order valence-electron chi connectivity index (χ3n) is 6.59. The van der Waals surface area contributed by atoms with E-state index in [0.717, 1.165) is 26.5 Å². The minimum Gasteiger partial charge on any atom is -0.481 e. The Kier molecular flexibility index (Phi) is 33.8. The van der Waals surface area contributed by atoms with E-state index in [9.17, 15) is 13.2 Å². The molecule has 0 aliphatic heterocycles. The summed E-state index contributed by atoms with van der Waals surface area (Å²) < 4.78 is 40.5. The zero-order valence-corrected chi connectivity index (χ0v) is 26.3. The van der Waals surface area contributed by atoms with Crippen molar-refractivity contribution in [2.24, 2.45) is 0 Å². The number of carbonyl (C=O) groups is 1. The predicted molar refractivity (Wildman–Crippen MR) is 160 cm³/mol. The molecule has 11 heteroatoms. The minimum atomic E-state index is -4.16. The number of carboxylic acids is 1. The molecule has 0 spiro atoms. The van der Waals surface area contributed by atoms with Gasteiger partial charge in [0, 0.05) is 19.3 Å². The molecule has 0 saturated heterocycles. The van der Waals surface area contributed by atoms with E-state index < -0.39 is 16.4 Å². The Hall–Kier alpha value is -0.820. The number of rotatable bonds is 30. The zero-order valence-electron chi connectivity index (χ0n) is 25.5. The van der Waals surface area contributed by atoms with Gasteiger partial charge in [0.2, 0.25) is 0 Å². The Morgan fingerprint density at radius 1 is 0.725 bits per heavy atom. The standard InChI is InChI=1S/C28H57NO5.CH4O4S/c1-2-3-4-5-6-7-8-9-10-11-12-13-14-15-16-17-21-29-27(19-24-34-26-22-30)18-23-33-25-20-28(31)32;1-5-6(2,3)4/h27,29-30H,2-26H2,1H3,(H,31,32);1H3,(H,2,3,4). The molecule has 0 aromatic rings. The van der Waals surface area contributed by atoms with Crippen LogP contribution in [0.3, 0.4) is 0 Å². The Bertz CT molecular complexity index is 621. The van der Waals surface area contributed by atoms with Crippen molar-refractivity contribution in [2.45, 2.75) is 135 Å². The van der Waals surface area contributed by atoms with Gasteiger partial charge >= 0.3 is 16.4 Å². The van der Waals surface area contributed by atoms with Crippen molar-refractivity contribution in [1.82, 2.24) is 5.32 Å². The van der Waals surface area contributed by atoms with Crippen molar-refractivity contribution >= 4 is 16.4 Å². The number of hydrogen-bond donors (Lipinski definition) is 4. The number of carboxylic acid groups (broad SMARTS) is 1. The van der Waals surface area contributed by atoms with Crippen LogP contribution in [0.2, 0.25) is 0 Å². The molecule has 0 radical (unpaired) electrons. The van der Waals surface area contributed by atoms with Gasteiger partial charge in [-0.1, -0.05) is 103 Å². The number of ether oxygens (including phenoxy) is 2. The van der Waals surface area contributed by atoms with Crippen molar-refractivity contribution in [3.05, 3.63) is 0 Å². The first-order chi connectivity index (χ1) is 19.3. The van der Waals surface area contributed by atoms with Crippen LogP contribution in [0.5, 0.6) is 0 Å². The molecule has 242 valence electrons. The third kappa shape index (κ3) is 39.3. The van der Waals surface area contributed by atoms with Gasteiger partial charge in [0.1, 0.15) is 0 Å². The highest BCUT2D eigenvalue weighted by atomic mass is 32.3. The second-order valence-corrected chi connectivity index (χ2v) is 11.4. The lowest BCUT2D eigenvalue weighted by molar-refractivity contribution is -0.138. The summed E-state index contributed by atoms with van der Waals surface area (Å²) in [5.74, 6) is -0.824. The zero-order chi connectivity index (χ0) is 30.2. The molecule has 0 rings (SSSR count). The average Bonchev–Trinajstić information content (AvgIpc) is 2.91. The third-order valence-corrected chi connectivity index (χ3v) is 7.01. The Morgan fingerprint density at radius 2 is 1.12 bits per heavy atom. The van der Waals surface area contributed by atoms with E-state index in [4.69, 9.17) is 24.2 Å². The number of aliphatic hydroxyl groups excluding tert-OH is 1. The van der Waals surface area contributed by atoms with Crippen molar-refractivity contribution in [1.29, 1.82) is 0 Å². The van der Waals surface area contributed by atoms with Crippen molar-refractivity contribution in [2.75, 3.05) is 46.7 Å². The van der Waals surface area contributed by atoms with Crippen LogP contribution in [0, 0.1) is 0 Å². The van der Waals surface area contributed by atoms with E-state index in [-0.39, 0.29) is 19.6 Å². The highest BCUT2D eigenvalue weighted by molar-refractivity contribution is 7.80. The van der Waals surface area contributed by atoms with Crippen molar-refractivity contribution in [3.63, 3.8) is 0 Å². The van der Waals surface area contributed by atoms with E-state index >= 15 is 0 Å². The first-order valence-corrected chi connectivity index (χ1v) is 16.9.